The molecule has 0 spiro atoms. The number of amides is 2. The van der Waals surface area contributed by atoms with Crippen molar-refractivity contribution in [3.05, 3.63) is 23.9 Å². The van der Waals surface area contributed by atoms with Crippen LogP contribution >= 0.6 is 0 Å². The Bertz CT molecular complexity index is 500. The van der Waals surface area contributed by atoms with Crippen LogP contribution in [0, 0.1) is 11.3 Å². The van der Waals surface area contributed by atoms with E-state index in [2.05, 4.69) is 15.2 Å². The molecule has 3 heterocycles. The van der Waals surface area contributed by atoms with Gasteiger partial charge >= 0.3 is 6.03 Å². The molecular formula is C12H13N5O. The van der Waals surface area contributed by atoms with Crippen molar-refractivity contribution in [2.24, 2.45) is 0 Å². The first-order chi connectivity index (χ1) is 8.78. The van der Waals surface area contributed by atoms with Crippen molar-refractivity contribution in [1.82, 2.24) is 15.2 Å². The molecule has 0 bridgehead atoms. The molecule has 0 saturated carbocycles. The molecule has 2 aliphatic rings. The summed E-state index contributed by atoms with van der Waals surface area (Å²) in [5.74, 6) is 0.866. The smallest absolute Gasteiger partial charge is 0.317 e. The number of carbonyl (C=O) groups excluding carboxylic acids is 1. The van der Waals surface area contributed by atoms with Gasteiger partial charge in [0, 0.05) is 32.4 Å². The van der Waals surface area contributed by atoms with E-state index in [9.17, 15) is 4.79 Å². The summed E-state index contributed by atoms with van der Waals surface area (Å²) >= 11 is 0. The van der Waals surface area contributed by atoms with Gasteiger partial charge in [0.15, 0.2) is 0 Å². The zero-order valence-corrected chi connectivity index (χ0v) is 9.83. The van der Waals surface area contributed by atoms with E-state index in [1.165, 1.54) is 0 Å². The van der Waals surface area contributed by atoms with Gasteiger partial charge in [-0.15, -0.1) is 0 Å². The molecule has 0 radical (unpaired) electrons. The highest BCUT2D eigenvalue weighted by Crippen LogP contribution is 2.22. The third kappa shape index (κ3) is 1.74. The lowest BCUT2D eigenvalue weighted by Gasteiger charge is -2.44. The Balaban J connectivity index is 1.61. The third-order valence-corrected chi connectivity index (χ3v) is 3.39. The molecule has 1 aromatic heterocycles. The number of nitrogens with zero attached hydrogens (tertiary/aromatic N) is 4. The number of hydrogen-bond acceptors (Lipinski definition) is 4. The van der Waals surface area contributed by atoms with Crippen molar-refractivity contribution in [3.8, 4) is 6.07 Å². The van der Waals surface area contributed by atoms with Gasteiger partial charge in [-0.1, -0.05) is 0 Å². The Labute approximate surface area is 105 Å². The maximum atomic E-state index is 11.5. The van der Waals surface area contributed by atoms with E-state index in [1.807, 2.05) is 17.0 Å². The molecule has 6 nitrogen and oxygen atoms in total. The fourth-order valence-electron chi connectivity index (χ4n) is 2.31. The predicted octanol–water partition coefficient (Wildman–Crippen LogP) is 0.167. The molecule has 0 unspecified atom stereocenters. The molecule has 2 aliphatic heterocycles. The molecular weight excluding hydrogens is 230 g/mol. The van der Waals surface area contributed by atoms with Crippen LogP contribution < -0.4 is 10.2 Å². The highest BCUT2D eigenvalue weighted by molar-refractivity contribution is 5.77. The first-order valence-electron chi connectivity index (χ1n) is 5.93. The van der Waals surface area contributed by atoms with Gasteiger partial charge in [-0.3, -0.25) is 0 Å². The van der Waals surface area contributed by atoms with E-state index < -0.39 is 0 Å². The quantitative estimate of drug-likeness (QED) is 0.803. The zero-order chi connectivity index (χ0) is 12.5. The molecule has 2 fully saturated rings. The lowest BCUT2D eigenvalue weighted by atomic mass is 10.1. The van der Waals surface area contributed by atoms with Crippen molar-refractivity contribution < 1.29 is 4.79 Å². The molecule has 1 aromatic rings. The summed E-state index contributed by atoms with van der Waals surface area (Å²) in [4.78, 5) is 19.7. The summed E-state index contributed by atoms with van der Waals surface area (Å²) in [6.07, 6.45) is 1.57. The third-order valence-electron chi connectivity index (χ3n) is 3.39. The maximum Gasteiger partial charge on any atom is 0.317 e. The SMILES string of the molecule is N#Cc1ccc(N2CC(N3CCNC3=O)C2)nc1. The Morgan fingerprint density at radius 3 is 2.83 bits per heavy atom. The van der Waals surface area contributed by atoms with Gasteiger partial charge in [0.25, 0.3) is 0 Å². The van der Waals surface area contributed by atoms with E-state index in [0.29, 0.717) is 5.56 Å². The van der Waals surface area contributed by atoms with Gasteiger partial charge in [0.2, 0.25) is 0 Å². The van der Waals surface area contributed by atoms with Gasteiger partial charge in [0.05, 0.1) is 11.6 Å². The van der Waals surface area contributed by atoms with Crippen LogP contribution in [0.4, 0.5) is 10.6 Å². The van der Waals surface area contributed by atoms with Crippen molar-refractivity contribution in [1.29, 1.82) is 5.26 Å². The summed E-state index contributed by atoms with van der Waals surface area (Å²) in [5.41, 5.74) is 0.565. The Morgan fingerprint density at radius 2 is 2.28 bits per heavy atom. The molecule has 92 valence electrons. The monoisotopic (exact) mass is 243 g/mol. The number of carbonyl (C=O) groups is 1. The van der Waals surface area contributed by atoms with Gasteiger partial charge in [-0.05, 0) is 12.1 Å². The number of urea groups is 1. The first-order valence-corrected chi connectivity index (χ1v) is 5.93. The van der Waals surface area contributed by atoms with Crippen LogP contribution in [-0.4, -0.2) is 48.1 Å². The molecule has 2 saturated heterocycles. The molecule has 0 aliphatic carbocycles. The summed E-state index contributed by atoms with van der Waals surface area (Å²) in [6.45, 7) is 3.15. The summed E-state index contributed by atoms with van der Waals surface area (Å²) in [7, 11) is 0. The summed E-state index contributed by atoms with van der Waals surface area (Å²) < 4.78 is 0. The summed E-state index contributed by atoms with van der Waals surface area (Å²) in [6, 6.07) is 5.97. The van der Waals surface area contributed by atoms with Crippen LogP contribution in [0.25, 0.3) is 0 Å². The average molecular weight is 243 g/mol. The van der Waals surface area contributed by atoms with Crippen molar-refractivity contribution in [2.75, 3.05) is 31.1 Å². The minimum atomic E-state index is 0.0347. The minimum absolute atomic E-state index is 0.0347. The van der Waals surface area contributed by atoms with Gasteiger partial charge < -0.3 is 15.1 Å². The number of aromatic nitrogens is 1. The summed E-state index contributed by atoms with van der Waals surface area (Å²) in [5, 5.41) is 11.5. The highest BCUT2D eigenvalue weighted by Gasteiger charge is 2.36. The molecule has 1 N–H and O–H groups in total. The normalized spacial score (nSPS) is 19.4. The lowest BCUT2D eigenvalue weighted by Crippen LogP contribution is -2.60. The number of rotatable bonds is 2. The fourth-order valence-corrected chi connectivity index (χ4v) is 2.31. The Morgan fingerprint density at radius 1 is 1.44 bits per heavy atom. The highest BCUT2D eigenvalue weighted by atomic mass is 16.2. The molecule has 0 atom stereocenters. The topological polar surface area (TPSA) is 72.3 Å². The van der Waals surface area contributed by atoms with E-state index >= 15 is 0 Å². The van der Waals surface area contributed by atoms with Crippen LogP contribution in [0.2, 0.25) is 0 Å². The maximum absolute atomic E-state index is 11.5. The van der Waals surface area contributed by atoms with E-state index in [4.69, 9.17) is 5.26 Å². The first kappa shape index (κ1) is 10.8. The van der Waals surface area contributed by atoms with Crippen LogP contribution in [0.15, 0.2) is 18.3 Å². The van der Waals surface area contributed by atoms with Gasteiger partial charge in [0.1, 0.15) is 11.9 Å². The molecule has 0 aromatic carbocycles. The standard InChI is InChI=1S/C12H13N5O/c13-5-9-1-2-11(15-6-9)16-7-10(8-16)17-4-3-14-12(17)18/h1-2,6,10H,3-4,7-8H2,(H,14,18). The number of hydrogen-bond donors (Lipinski definition) is 1. The second-order valence-corrected chi connectivity index (χ2v) is 4.50. The molecule has 18 heavy (non-hydrogen) atoms. The van der Waals surface area contributed by atoms with Gasteiger partial charge in [-0.25, -0.2) is 9.78 Å². The van der Waals surface area contributed by atoms with E-state index in [0.717, 1.165) is 32.0 Å². The van der Waals surface area contributed by atoms with E-state index in [-0.39, 0.29) is 12.1 Å². The number of pyridine rings is 1. The molecule has 2 amide bonds. The van der Waals surface area contributed by atoms with E-state index in [1.54, 1.807) is 12.3 Å². The molecule has 6 heteroatoms. The van der Waals surface area contributed by atoms with Gasteiger partial charge in [-0.2, -0.15) is 5.26 Å². The number of nitrogens with one attached hydrogen (secondary N) is 1. The fraction of sp³-hybridized carbons (Fsp3) is 0.417. The number of anilines is 1. The lowest BCUT2D eigenvalue weighted by molar-refractivity contribution is 0.185. The van der Waals surface area contributed by atoms with Crippen LogP contribution in [-0.2, 0) is 0 Å². The van der Waals surface area contributed by atoms with Crippen molar-refractivity contribution >= 4 is 11.8 Å². The predicted molar refractivity (Wildman–Crippen MR) is 65.1 cm³/mol. The average Bonchev–Trinajstić information content (AvgIpc) is 2.75. The van der Waals surface area contributed by atoms with Crippen LogP contribution in [0.5, 0.6) is 0 Å². The van der Waals surface area contributed by atoms with Crippen molar-refractivity contribution in [3.63, 3.8) is 0 Å². The minimum Gasteiger partial charge on any atom is -0.352 e. The van der Waals surface area contributed by atoms with Crippen molar-refractivity contribution in [2.45, 2.75) is 6.04 Å². The van der Waals surface area contributed by atoms with Crippen LogP contribution in [0.1, 0.15) is 5.56 Å². The number of nitriles is 1. The molecule has 3 rings (SSSR count). The van der Waals surface area contributed by atoms with Crippen LogP contribution in [0.3, 0.4) is 0 Å². The second kappa shape index (κ2) is 4.18. The zero-order valence-electron chi connectivity index (χ0n) is 9.83. The Kier molecular flexibility index (Phi) is 2.52. The largest absolute Gasteiger partial charge is 0.352 e. The second-order valence-electron chi connectivity index (χ2n) is 4.50. The Hall–Kier alpha value is -2.29.